The Morgan fingerprint density at radius 1 is 1.88 bits per heavy atom. The summed E-state index contributed by atoms with van der Waals surface area (Å²) in [4.78, 5) is 3.72. The molecule has 0 aliphatic carbocycles. The van der Waals surface area contributed by atoms with Crippen LogP contribution >= 0.6 is 24.0 Å². The molecule has 0 aromatic carbocycles. The maximum Gasteiger partial charge on any atom is 0.164 e. The first-order chi connectivity index (χ1) is 3.84. The first-order valence-corrected chi connectivity index (χ1v) is 3.20. The van der Waals surface area contributed by atoms with E-state index < -0.39 is 0 Å². The third kappa shape index (κ3) is 0.831. The minimum Gasteiger partial charge on any atom is -0.233 e. The van der Waals surface area contributed by atoms with Gasteiger partial charge in [-0.2, -0.15) is 5.26 Å². The lowest BCUT2D eigenvalue weighted by atomic mass is 10.6. The maximum absolute atomic E-state index is 8.25. The monoisotopic (exact) mass is 142 g/mol. The van der Waals surface area contributed by atoms with Crippen molar-refractivity contribution in [2.75, 3.05) is 0 Å². The molecule has 1 aromatic rings. The second-order valence-corrected chi connectivity index (χ2v) is 2.72. The van der Waals surface area contributed by atoms with Gasteiger partial charge >= 0.3 is 0 Å². The zero-order valence-corrected chi connectivity index (χ0v) is 5.54. The Labute approximate surface area is 56.2 Å². The molecule has 1 rings (SSSR count). The van der Waals surface area contributed by atoms with Gasteiger partial charge in [-0.3, -0.25) is 0 Å². The number of thiol groups is 1. The van der Waals surface area contributed by atoms with E-state index in [4.69, 9.17) is 5.26 Å². The summed E-state index contributed by atoms with van der Waals surface area (Å²) in [5, 5.41) is 8.25. The van der Waals surface area contributed by atoms with Crippen LogP contribution in [0, 0.1) is 11.3 Å². The molecular weight excluding hydrogens is 140 g/mol. The third-order valence-corrected chi connectivity index (χ3v) is 1.81. The number of thiazole rings is 1. The molecule has 0 saturated carbocycles. The zero-order valence-electron chi connectivity index (χ0n) is 3.83. The van der Waals surface area contributed by atoms with E-state index in [1.807, 2.05) is 6.07 Å². The molecular formula is C4H2N2S2. The highest BCUT2D eigenvalue weighted by atomic mass is 32.2. The Morgan fingerprint density at radius 2 is 2.62 bits per heavy atom. The predicted octanol–water partition coefficient (Wildman–Crippen LogP) is 1.30. The largest absolute Gasteiger partial charge is 0.233 e. The van der Waals surface area contributed by atoms with E-state index >= 15 is 0 Å². The Morgan fingerprint density at radius 3 is 2.88 bits per heavy atom. The smallest absolute Gasteiger partial charge is 0.164 e. The fraction of sp³-hybridized carbons (Fsp3) is 0. The molecule has 4 heteroatoms. The van der Waals surface area contributed by atoms with E-state index in [0.717, 1.165) is 0 Å². The lowest BCUT2D eigenvalue weighted by Crippen LogP contribution is -1.68. The number of nitriles is 1. The van der Waals surface area contributed by atoms with Crippen LogP contribution in [0.2, 0.25) is 0 Å². The van der Waals surface area contributed by atoms with Gasteiger partial charge in [0.25, 0.3) is 0 Å². The van der Waals surface area contributed by atoms with Gasteiger partial charge in [0.15, 0.2) is 5.69 Å². The molecule has 0 N–H and O–H groups in total. The molecule has 0 bridgehead atoms. The first-order valence-electron chi connectivity index (χ1n) is 1.87. The van der Waals surface area contributed by atoms with Crippen molar-refractivity contribution in [2.24, 2.45) is 0 Å². The second-order valence-electron chi connectivity index (χ2n) is 1.12. The highest BCUT2D eigenvalue weighted by Crippen LogP contribution is 2.15. The number of aromatic nitrogens is 1. The Balaban J connectivity index is 3.15. The van der Waals surface area contributed by atoms with Gasteiger partial charge in [-0.1, -0.05) is 0 Å². The van der Waals surface area contributed by atoms with Crippen molar-refractivity contribution in [3.63, 3.8) is 0 Å². The highest BCUT2D eigenvalue weighted by molar-refractivity contribution is 7.82. The predicted molar refractivity (Wildman–Crippen MR) is 34.1 cm³/mol. The third-order valence-electron chi connectivity index (χ3n) is 0.655. The molecule has 0 unspecified atom stereocenters. The van der Waals surface area contributed by atoms with Crippen LogP contribution in [0.4, 0.5) is 0 Å². The van der Waals surface area contributed by atoms with Crippen LogP contribution in [-0.4, -0.2) is 4.98 Å². The summed E-state index contributed by atoms with van der Waals surface area (Å²) in [5.74, 6) is 0. The molecule has 2 nitrogen and oxygen atoms in total. The van der Waals surface area contributed by atoms with Crippen molar-refractivity contribution < 1.29 is 0 Å². The molecule has 0 saturated heterocycles. The van der Waals surface area contributed by atoms with Gasteiger partial charge in [0.1, 0.15) is 6.07 Å². The van der Waals surface area contributed by atoms with Crippen molar-refractivity contribution in [3.05, 3.63) is 11.2 Å². The fourth-order valence-corrected chi connectivity index (χ4v) is 1.03. The average Bonchev–Trinajstić information content (AvgIpc) is 2.14. The average molecular weight is 142 g/mol. The van der Waals surface area contributed by atoms with Crippen molar-refractivity contribution in [1.29, 1.82) is 5.26 Å². The van der Waals surface area contributed by atoms with Crippen LogP contribution in [0.25, 0.3) is 0 Å². The van der Waals surface area contributed by atoms with Gasteiger partial charge in [-0.25, -0.2) is 4.98 Å². The van der Waals surface area contributed by atoms with E-state index in [9.17, 15) is 0 Å². The van der Waals surface area contributed by atoms with Gasteiger partial charge in [0.05, 0.1) is 9.72 Å². The number of hydrogen-bond donors (Lipinski definition) is 1. The first kappa shape index (κ1) is 5.60. The van der Waals surface area contributed by atoms with E-state index in [1.165, 1.54) is 11.3 Å². The summed E-state index contributed by atoms with van der Waals surface area (Å²) in [6.07, 6.45) is 0. The van der Waals surface area contributed by atoms with Crippen LogP contribution < -0.4 is 0 Å². The maximum atomic E-state index is 8.25. The number of rotatable bonds is 0. The molecule has 0 atom stereocenters. The SMILES string of the molecule is N#Cc1ncsc1S. The van der Waals surface area contributed by atoms with Crippen LogP contribution in [-0.2, 0) is 0 Å². The van der Waals surface area contributed by atoms with Gasteiger partial charge in [-0.05, 0) is 0 Å². The quantitative estimate of drug-likeness (QED) is 0.554. The highest BCUT2D eigenvalue weighted by Gasteiger charge is 1.96. The number of nitrogens with zero attached hydrogens (tertiary/aromatic N) is 2. The van der Waals surface area contributed by atoms with E-state index in [0.29, 0.717) is 9.90 Å². The molecule has 8 heavy (non-hydrogen) atoms. The molecule has 1 aromatic heterocycles. The van der Waals surface area contributed by atoms with Crippen LogP contribution in [0.3, 0.4) is 0 Å². The molecule has 0 spiro atoms. The Hall–Kier alpha value is -0.530. The summed E-state index contributed by atoms with van der Waals surface area (Å²) in [7, 11) is 0. The Kier molecular flexibility index (Phi) is 1.51. The van der Waals surface area contributed by atoms with Crippen LogP contribution in [0.1, 0.15) is 5.69 Å². The summed E-state index contributed by atoms with van der Waals surface area (Å²) in [6.45, 7) is 0. The molecule has 0 amide bonds. The fourth-order valence-electron chi connectivity index (χ4n) is 0.317. The summed E-state index contributed by atoms with van der Waals surface area (Å²) >= 11 is 5.32. The molecule has 0 aliphatic heterocycles. The molecule has 40 valence electrons. The van der Waals surface area contributed by atoms with Gasteiger partial charge in [-0.15, -0.1) is 24.0 Å². The standard InChI is InChI=1S/C4H2N2S2/c5-1-3-4(7)8-2-6-3/h2,7H. The lowest BCUT2D eigenvalue weighted by molar-refractivity contribution is 1.29. The van der Waals surface area contributed by atoms with Gasteiger partial charge in [0.2, 0.25) is 0 Å². The van der Waals surface area contributed by atoms with E-state index in [2.05, 4.69) is 17.6 Å². The second kappa shape index (κ2) is 2.16. The van der Waals surface area contributed by atoms with Crippen LogP contribution in [0.5, 0.6) is 0 Å². The molecule has 1 heterocycles. The van der Waals surface area contributed by atoms with Crippen molar-refractivity contribution in [1.82, 2.24) is 4.98 Å². The van der Waals surface area contributed by atoms with Gasteiger partial charge in [0, 0.05) is 0 Å². The van der Waals surface area contributed by atoms with E-state index in [-0.39, 0.29) is 0 Å². The van der Waals surface area contributed by atoms with Crippen molar-refractivity contribution >= 4 is 24.0 Å². The zero-order chi connectivity index (χ0) is 5.98. The van der Waals surface area contributed by atoms with Crippen molar-refractivity contribution in [3.8, 4) is 6.07 Å². The minimum absolute atomic E-state index is 0.415. The lowest BCUT2D eigenvalue weighted by Gasteiger charge is -1.73. The summed E-state index contributed by atoms with van der Waals surface area (Å²) in [5.41, 5.74) is 2.01. The Bertz CT molecular complexity index is 222. The summed E-state index contributed by atoms with van der Waals surface area (Å²) in [6, 6.07) is 1.90. The molecule has 0 radical (unpaired) electrons. The van der Waals surface area contributed by atoms with Crippen LogP contribution in [0.15, 0.2) is 9.72 Å². The summed E-state index contributed by atoms with van der Waals surface area (Å²) < 4.78 is 0.688. The van der Waals surface area contributed by atoms with Crippen molar-refractivity contribution in [2.45, 2.75) is 4.21 Å². The van der Waals surface area contributed by atoms with E-state index in [1.54, 1.807) is 5.51 Å². The topological polar surface area (TPSA) is 36.7 Å². The number of hydrogen-bond acceptors (Lipinski definition) is 4. The molecule has 0 aliphatic rings. The minimum atomic E-state index is 0.415. The molecule has 0 fully saturated rings. The normalized spacial score (nSPS) is 8.50. The van der Waals surface area contributed by atoms with Gasteiger partial charge < -0.3 is 0 Å².